The Labute approximate surface area is 155 Å². The highest BCUT2D eigenvalue weighted by Gasteiger charge is 2.23. The van der Waals surface area contributed by atoms with E-state index in [-0.39, 0.29) is 12.1 Å². The van der Waals surface area contributed by atoms with Crippen molar-refractivity contribution in [3.05, 3.63) is 35.4 Å². The Hall–Kier alpha value is -1.73. The Kier molecular flexibility index (Phi) is 7.78. The lowest BCUT2D eigenvalue weighted by Crippen LogP contribution is -2.42. The third kappa shape index (κ3) is 5.38. The van der Waals surface area contributed by atoms with Crippen molar-refractivity contribution in [1.29, 1.82) is 0 Å². The van der Waals surface area contributed by atoms with Gasteiger partial charge >= 0.3 is 0 Å². The van der Waals surface area contributed by atoms with Gasteiger partial charge in [0.1, 0.15) is 11.6 Å². The molecule has 0 amide bonds. The molecule has 5 nitrogen and oxygen atoms in total. The number of nitrogens with one attached hydrogen (secondary N) is 1. The number of guanidine groups is 1. The summed E-state index contributed by atoms with van der Waals surface area (Å²) in [6.07, 6.45) is 1.05. The van der Waals surface area contributed by atoms with Crippen molar-refractivity contribution in [1.82, 2.24) is 15.1 Å². The predicted octanol–water partition coefficient (Wildman–Crippen LogP) is 2.50. The molecule has 0 aliphatic carbocycles. The Morgan fingerprint density at radius 2 is 2.00 bits per heavy atom. The Balaban J connectivity index is 2.16. The van der Waals surface area contributed by atoms with Gasteiger partial charge < -0.3 is 19.9 Å². The second-order valence-electron chi connectivity index (χ2n) is 6.92. The molecule has 1 aromatic rings. The van der Waals surface area contributed by atoms with Crippen LogP contribution in [0, 0.1) is 17.6 Å². The smallest absolute Gasteiger partial charge is 0.193 e. The van der Waals surface area contributed by atoms with Gasteiger partial charge in [0, 0.05) is 38.2 Å². The van der Waals surface area contributed by atoms with Crippen LogP contribution < -0.4 is 5.32 Å². The first kappa shape index (κ1) is 20.6. The minimum absolute atomic E-state index is 0.0592. The lowest BCUT2D eigenvalue weighted by Gasteiger charge is -2.27. The maximum Gasteiger partial charge on any atom is 0.193 e. The van der Waals surface area contributed by atoms with Gasteiger partial charge in [-0.15, -0.1) is 0 Å². The molecule has 0 bridgehead atoms. The molecule has 2 rings (SSSR count). The fraction of sp³-hybridized carbons (Fsp3) is 0.632. The normalized spacial score (nSPS) is 19.0. The van der Waals surface area contributed by atoms with Crippen LogP contribution in [0.4, 0.5) is 8.78 Å². The van der Waals surface area contributed by atoms with E-state index < -0.39 is 17.7 Å². The average molecular weight is 368 g/mol. The molecule has 1 aromatic carbocycles. The van der Waals surface area contributed by atoms with E-state index in [2.05, 4.69) is 15.2 Å². The summed E-state index contributed by atoms with van der Waals surface area (Å²) in [5.74, 6) is 0.140. The van der Waals surface area contributed by atoms with Crippen molar-refractivity contribution in [2.75, 3.05) is 54.0 Å². The van der Waals surface area contributed by atoms with E-state index >= 15 is 0 Å². The molecular formula is C19H30F2N4O. The number of hydrogen-bond donors (Lipinski definition) is 1. The molecule has 1 heterocycles. The number of hydrogen-bond acceptors (Lipinski definition) is 3. The van der Waals surface area contributed by atoms with E-state index in [4.69, 9.17) is 4.74 Å². The summed E-state index contributed by atoms with van der Waals surface area (Å²) >= 11 is 0. The second-order valence-corrected chi connectivity index (χ2v) is 6.92. The molecule has 146 valence electrons. The zero-order valence-electron chi connectivity index (χ0n) is 16.1. The predicted molar refractivity (Wildman–Crippen MR) is 100 cm³/mol. The summed E-state index contributed by atoms with van der Waals surface area (Å²) in [5.41, 5.74) is 0.0592. The number of nitrogens with zero attached hydrogens (tertiary/aromatic N) is 3. The minimum atomic E-state index is -0.541. The monoisotopic (exact) mass is 368 g/mol. The van der Waals surface area contributed by atoms with Crippen molar-refractivity contribution in [3.63, 3.8) is 0 Å². The molecule has 26 heavy (non-hydrogen) atoms. The van der Waals surface area contributed by atoms with E-state index in [0.29, 0.717) is 5.92 Å². The highest BCUT2D eigenvalue weighted by atomic mass is 19.1. The zero-order valence-corrected chi connectivity index (χ0v) is 16.1. The van der Waals surface area contributed by atoms with Gasteiger partial charge in [-0.25, -0.2) is 8.78 Å². The van der Waals surface area contributed by atoms with E-state index in [0.717, 1.165) is 38.7 Å². The van der Waals surface area contributed by atoms with E-state index in [9.17, 15) is 8.78 Å². The molecule has 7 heteroatoms. The maximum atomic E-state index is 14.2. The highest BCUT2D eigenvalue weighted by Crippen LogP contribution is 2.25. The van der Waals surface area contributed by atoms with Crippen LogP contribution in [0.25, 0.3) is 0 Å². The number of halogens is 2. The third-order valence-corrected chi connectivity index (χ3v) is 4.62. The summed E-state index contributed by atoms with van der Waals surface area (Å²) in [7, 11) is 5.59. The van der Waals surface area contributed by atoms with Crippen LogP contribution in [0.2, 0.25) is 0 Å². The van der Waals surface area contributed by atoms with E-state index in [1.165, 1.54) is 18.2 Å². The maximum absolute atomic E-state index is 14.2. The van der Waals surface area contributed by atoms with Crippen LogP contribution in [0.1, 0.15) is 24.9 Å². The SMILES string of the molecule is CCNC(=NCC(c1c(F)cccc1F)N(C)C)N(C)CC1CCOC1. The summed E-state index contributed by atoms with van der Waals surface area (Å²) < 4.78 is 33.8. The first-order valence-corrected chi connectivity index (χ1v) is 9.11. The Morgan fingerprint density at radius 3 is 2.54 bits per heavy atom. The lowest BCUT2D eigenvalue weighted by atomic mass is 10.0. The van der Waals surface area contributed by atoms with Crippen molar-refractivity contribution in [2.45, 2.75) is 19.4 Å². The van der Waals surface area contributed by atoms with Gasteiger partial charge in [0.15, 0.2) is 5.96 Å². The molecule has 2 unspecified atom stereocenters. The summed E-state index contributed by atoms with van der Waals surface area (Å²) in [6, 6.07) is 3.48. The van der Waals surface area contributed by atoms with Crippen LogP contribution >= 0.6 is 0 Å². The van der Waals surface area contributed by atoms with E-state index in [1.54, 1.807) is 19.0 Å². The van der Waals surface area contributed by atoms with E-state index in [1.807, 2.05) is 14.0 Å². The summed E-state index contributed by atoms with van der Waals surface area (Å²) in [6.45, 7) is 5.41. The molecule has 0 radical (unpaired) electrons. The van der Waals surface area contributed by atoms with Gasteiger partial charge in [0.2, 0.25) is 0 Å². The summed E-state index contributed by atoms with van der Waals surface area (Å²) in [4.78, 5) is 8.51. The number of rotatable bonds is 7. The Bertz CT molecular complexity index is 583. The fourth-order valence-electron chi connectivity index (χ4n) is 3.19. The zero-order chi connectivity index (χ0) is 19.1. The molecule has 1 saturated heterocycles. The molecule has 0 spiro atoms. The van der Waals surface area contributed by atoms with Gasteiger partial charge in [-0.3, -0.25) is 4.99 Å². The van der Waals surface area contributed by atoms with Gasteiger partial charge in [-0.1, -0.05) is 6.07 Å². The lowest BCUT2D eigenvalue weighted by molar-refractivity contribution is 0.181. The van der Waals surface area contributed by atoms with Crippen molar-refractivity contribution in [3.8, 4) is 0 Å². The van der Waals surface area contributed by atoms with Crippen LogP contribution in [0.5, 0.6) is 0 Å². The Morgan fingerprint density at radius 1 is 1.31 bits per heavy atom. The molecular weight excluding hydrogens is 338 g/mol. The van der Waals surface area contributed by atoms with Crippen LogP contribution in [-0.4, -0.2) is 69.8 Å². The number of benzene rings is 1. The number of ether oxygens (including phenoxy) is 1. The fourth-order valence-corrected chi connectivity index (χ4v) is 3.19. The van der Waals surface area contributed by atoms with Crippen molar-refractivity contribution >= 4 is 5.96 Å². The molecule has 1 aliphatic rings. The standard InChI is InChI=1S/C19H30F2N4O/c1-5-22-19(25(4)12-14-9-10-26-13-14)23-11-17(24(2)3)18-15(20)7-6-8-16(18)21/h6-8,14,17H,5,9-13H2,1-4H3,(H,22,23). The van der Waals surface area contributed by atoms with Gasteiger partial charge in [0.25, 0.3) is 0 Å². The topological polar surface area (TPSA) is 40.1 Å². The van der Waals surface area contributed by atoms with Gasteiger partial charge in [-0.2, -0.15) is 0 Å². The quantitative estimate of drug-likeness (QED) is 0.593. The van der Waals surface area contributed by atoms with Gasteiger partial charge in [-0.05, 0) is 39.6 Å². The third-order valence-electron chi connectivity index (χ3n) is 4.62. The largest absolute Gasteiger partial charge is 0.381 e. The van der Waals surface area contributed by atoms with Crippen molar-refractivity contribution in [2.24, 2.45) is 10.9 Å². The summed E-state index contributed by atoms with van der Waals surface area (Å²) in [5, 5.41) is 3.26. The number of likely N-dealkylation sites (N-methyl/N-ethyl adjacent to an activating group) is 1. The van der Waals surface area contributed by atoms with Crippen molar-refractivity contribution < 1.29 is 13.5 Å². The van der Waals surface area contributed by atoms with Crippen LogP contribution in [0.15, 0.2) is 23.2 Å². The highest BCUT2D eigenvalue weighted by molar-refractivity contribution is 5.79. The first-order chi connectivity index (χ1) is 12.4. The minimum Gasteiger partial charge on any atom is -0.381 e. The first-order valence-electron chi connectivity index (χ1n) is 9.11. The second kappa shape index (κ2) is 9.83. The molecule has 1 N–H and O–H groups in total. The molecule has 0 aromatic heterocycles. The number of aliphatic imine (C=N–C) groups is 1. The molecule has 0 saturated carbocycles. The van der Waals surface area contributed by atoms with Crippen LogP contribution in [-0.2, 0) is 4.74 Å². The average Bonchev–Trinajstić information content (AvgIpc) is 3.08. The molecule has 2 atom stereocenters. The molecule has 1 fully saturated rings. The van der Waals surface area contributed by atoms with Gasteiger partial charge in [0.05, 0.1) is 19.2 Å². The molecule has 1 aliphatic heterocycles. The van der Waals surface area contributed by atoms with Crippen LogP contribution in [0.3, 0.4) is 0 Å².